The van der Waals surface area contributed by atoms with E-state index in [0.717, 1.165) is 5.56 Å². The molecule has 0 fully saturated rings. The van der Waals surface area contributed by atoms with Crippen LogP contribution in [0.4, 0.5) is 5.69 Å². The lowest BCUT2D eigenvalue weighted by atomic mass is 9.98. The summed E-state index contributed by atoms with van der Waals surface area (Å²) in [6.45, 7) is 1.92. The minimum atomic E-state index is -0.943. The van der Waals surface area contributed by atoms with Gasteiger partial charge in [-0.1, -0.05) is 53.5 Å². The van der Waals surface area contributed by atoms with Gasteiger partial charge in [-0.15, -0.1) is 0 Å². The number of ether oxygens (including phenoxy) is 1. The van der Waals surface area contributed by atoms with Crippen LogP contribution in [0, 0.1) is 5.92 Å². The van der Waals surface area contributed by atoms with Crippen LogP contribution in [0.5, 0.6) is 0 Å². The quantitative estimate of drug-likeness (QED) is 0.611. The molecule has 0 spiro atoms. The van der Waals surface area contributed by atoms with Gasteiger partial charge in [-0.25, -0.2) is 0 Å². The van der Waals surface area contributed by atoms with Crippen molar-refractivity contribution in [1.29, 1.82) is 0 Å². The van der Waals surface area contributed by atoms with Crippen LogP contribution in [0.25, 0.3) is 0 Å². The molecule has 4 nitrogen and oxygen atoms in total. The number of anilines is 1. The van der Waals surface area contributed by atoms with E-state index in [9.17, 15) is 9.59 Å². The summed E-state index contributed by atoms with van der Waals surface area (Å²) in [5, 5.41) is 3.40. The molecule has 24 heavy (non-hydrogen) atoms. The number of esters is 1. The SMILES string of the molecule is CCOC(=O)[C@@H](Cc1ccccc1)C(=O)Nc1ccc(Cl)c(Cl)c1. The first-order valence-corrected chi connectivity index (χ1v) is 8.23. The summed E-state index contributed by atoms with van der Waals surface area (Å²) < 4.78 is 5.03. The van der Waals surface area contributed by atoms with Gasteiger partial charge >= 0.3 is 5.97 Å². The van der Waals surface area contributed by atoms with Gasteiger partial charge in [0.05, 0.1) is 16.7 Å². The third-order valence-corrected chi connectivity index (χ3v) is 4.10. The summed E-state index contributed by atoms with van der Waals surface area (Å²) in [7, 11) is 0. The van der Waals surface area contributed by atoms with E-state index in [-0.39, 0.29) is 13.0 Å². The van der Waals surface area contributed by atoms with Crippen LogP contribution in [0.3, 0.4) is 0 Å². The highest BCUT2D eigenvalue weighted by Crippen LogP contribution is 2.25. The maximum Gasteiger partial charge on any atom is 0.318 e. The van der Waals surface area contributed by atoms with Crippen LogP contribution < -0.4 is 5.32 Å². The summed E-state index contributed by atoms with van der Waals surface area (Å²) in [6.07, 6.45) is 0.257. The second-order valence-electron chi connectivity index (χ2n) is 5.11. The molecule has 2 rings (SSSR count). The molecule has 0 unspecified atom stereocenters. The molecule has 126 valence electrons. The highest BCUT2D eigenvalue weighted by atomic mass is 35.5. The first-order valence-electron chi connectivity index (χ1n) is 7.47. The number of amides is 1. The molecule has 1 N–H and O–H groups in total. The van der Waals surface area contributed by atoms with E-state index < -0.39 is 17.8 Å². The molecule has 1 amide bonds. The Balaban J connectivity index is 2.17. The van der Waals surface area contributed by atoms with E-state index in [2.05, 4.69) is 5.32 Å². The van der Waals surface area contributed by atoms with E-state index in [1.165, 1.54) is 6.07 Å². The molecule has 0 aromatic heterocycles. The summed E-state index contributed by atoms with van der Waals surface area (Å²) in [5.41, 5.74) is 1.34. The van der Waals surface area contributed by atoms with Gasteiger partial charge in [0.25, 0.3) is 0 Å². The number of nitrogens with one attached hydrogen (secondary N) is 1. The van der Waals surface area contributed by atoms with Gasteiger partial charge in [-0.2, -0.15) is 0 Å². The minimum Gasteiger partial charge on any atom is -0.465 e. The summed E-state index contributed by atoms with van der Waals surface area (Å²) >= 11 is 11.8. The van der Waals surface area contributed by atoms with Crippen LogP contribution in [-0.4, -0.2) is 18.5 Å². The molecule has 0 saturated carbocycles. The molecule has 1 atom stereocenters. The van der Waals surface area contributed by atoms with E-state index in [4.69, 9.17) is 27.9 Å². The van der Waals surface area contributed by atoms with Crippen LogP contribution in [0.2, 0.25) is 10.0 Å². The number of halogens is 2. The normalized spacial score (nSPS) is 11.6. The standard InChI is InChI=1S/C18H17Cl2NO3/c1-2-24-18(23)14(10-12-6-4-3-5-7-12)17(22)21-13-8-9-15(19)16(20)11-13/h3-9,11,14H,2,10H2,1H3,(H,21,22)/t14-/m0/s1. The van der Waals surface area contributed by atoms with Crippen molar-refractivity contribution in [3.63, 3.8) is 0 Å². The monoisotopic (exact) mass is 365 g/mol. The molecule has 6 heteroatoms. The van der Waals surface area contributed by atoms with Crippen LogP contribution >= 0.6 is 23.2 Å². The Hall–Kier alpha value is -2.04. The highest BCUT2D eigenvalue weighted by Gasteiger charge is 2.28. The second kappa shape index (κ2) is 8.71. The molecule has 2 aromatic carbocycles. The van der Waals surface area contributed by atoms with Crippen molar-refractivity contribution >= 4 is 40.8 Å². The lowest BCUT2D eigenvalue weighted by Crippen LogP contribution is -2.33. The molecule has 2 aromatic rings. The smallest absolute Gasteiger partial charge is 0.318 e. The Bertz CT molecular complexity index is 719. The Kier molecular flexibility index (Phi) is 6.64. The average molecular weight is 366 g/mol. The first-order chi connectivity index (χ1) is 11.5. The summed E-state index contributed by atoms with van der Waals surface area (Å²) in [5.74, 6) is -1.95. The van der Waals surface area contributed by atoms with Gasteiger partial charge in [-0.05, 0) is 37.1 Å². The topological polar surface area (TPSA) is 55.4 Å². The van der Waals surface area contributed by atoms with Crippen molar-refractivity contribution in [2.75, 3.05) is 11.9 Å². The van der Waals surface area contributed by atoms with Gasteiger partial charge in [-0.3, -0.25) is 9.59 Å². The summed E-state index contributed by atoms with van der Waals surface area (Å²) in [6, 6.07) is 14.0. The molecule has 0 heterocycles. The van der Waals surface area contributed by atoms with Gasteiger partial charge < -0.3 is 10.1 Å². The van der Waals surface area contributed by atoms with Crippen molar-refractivity contribution in [3.05, 3.63) is 64.1 Å². The fraction of sp³-hybridized carbons (Fsp3) is 0.222. The van der Waals surface area contributed by atoms with Crippen molar-refractivity contribution in [2.45, 2.75) is 13.3 Å². The third kappa shape index (κ3) is 4.98. The second-order valence-corrected chi connectivity index (χ2v) is 5.93. The zero-order chi connectivity index (χ0) is 17.5. The zero-order valence-electron chi connectivity index (χ0n) is 13.1. The van der Waals surface area contributed by atoms with Gasteiger partial charge in [0, 0.05) is 5.69 Å². The molecule has 0 aliphatic carbocycles. The van der Waals surface area contributed by atoms with Gasteiger partial charge in [0.1, 0.15) is 5.92 Å². The van der Waals surface area contributed by atoms with E-state index in [0.29, 0.717) is 15.7 Å². The minimum absolute atomic E-state index is 0.212. The van der Waals surface area contributed by atoms with Gasteiger partial charge in [0.15, 0.2) is 0 Å². The number of benzene rings is 2. The predicted octanol–water partition coefficient (Wildman–Crippen LogP) is 4.35. The van der Waals surface area contributed by atoms with Crippen molar-refractivity contribution < 1.29 is 14.3 Å². The van der Waals surface area contributed by atoms with E-state index >= 15 is 0 Å². The lowest BCUT2D eigenvalue weighted by Gasteiger charge is -2.16. The van der Waals surface area contributed by atoms with Crippen LogP contribution in [-0.2, 0) is 20.7 Å². The number of hydrogen-bond donors (Lipinski definition) is 1. The Labute approximate surface area is 150 Å². The van der Waals surface area contributed by atoms with Crippen LogP contribution in [0.1, 0.15) is 12.5 Å². The fourth-order valence-corrected chi connectivity index (χ4v) is 2.48. The van der Waals surface area contributed by atoms with Gasteiger partial charge in [0.2, 0.25) is 5.91 Å². The molecular formula is C18H17Cl2NO3. The largest absolute Gasteiger partial charge is 0.465 e. The fourth-order valence-electron chi connectivity index (χ4n) is 2.18. The van der Waals surface area contributed by atoms with Crippen molar-refractivity contribution in [1.82, 2.24) is 0 Å². The predicted molar refractivity (Wildman–Crippen MR) is 95.4 cm³/mol. The molecular weight excluding hydrogens is 349 g/mol. The third-order valence-electron chi connectivity index (χ3n) is 3.36. The molecule has 0 aliphatic rings. The zero-order valence-corrected chi connectivity index (χ0v) is 14.6. The average Bonchev–Trinajstić information content (AvgIpc) is 2.57. The molecule has 0 radical (unpaired) electrons. The van der Waals surface area contributed by atoms with Crippen molar-refractivity contribution in [3.8, 4) is 0 Å². The summed E-state index contributed by atoms with van der Waals surface area (Å²) in [4.78, 5) is 24.7. The van der Waals surface area contributed by atoms with E-state index in [1.807, 2.05) is 30.3 Å². The van der Waals surface area contributed by atoms with E-state index in [1.54, 1.807) is 19.1 Å². The maximum atomic E-state index is 12.5. The Morgan fingerprint density at radius 3 is 2.42 bits per heavy atom. The Morgan fingerprint density at radius 2 is 1.79 bits per heavy atom. The molecule has 0 aliphatic heterocycles. The molecule has 0 saturated heterocycles. The first kappa shape index (κ1) is 18.3. The lowest BCUT2D eigenvalue weighted by molar-refractivity contribution is -0.150. The highest BCUT2D eigenvalue weighted by molar-refractivity contribution is 6.42. The Morgan fingerprint density at radius 1 is 1.08 bits per heavy atom. The number of carbonyl (C=O) groups is 2. The number of hydrogen-bond acceptors (Lipinski definition) is 3. The van der Waals surface area contributed by atoms with Crippen molar-refractivity contribution in [2.24, 2.45) is 5.92 Å². The molecule has 0 bridgehead atoms. The maximum absolute atomic E-state index is 12.5. The number of rotatable bonds is 6. The van der Waals surface area contributed by atoms with Crippen LogP contribution in [0.15, 0.2) is 48.5 Å². The number of carbonyl (C=O) groups excluding carboxylic acids is 2.